The highest BCUT2D eigenvalue weighted by Crippen LogP contribution is 2.27. The van der Waals surface area contributed by atoms with E-state index < -0.39 is 0 Å². The van der Waals surface area contributed by atoms with Gasteiger partial charge in [0.1, 0.15) is 0 Å². The highest BCUT2D eigenvalue weighted by molar-refractivity contribution is 7.80. The second kappa shape index (κ2) is 7.89. The molecule has 0 saturated heterocycles. The smallest absolute Gasteiger partial charge is 0.251 e. The van der Waals surface area contributed by atoms with Crippen LogP contribution in [0.5, 0.6) is 0 Å². The van der Waals surface area contributed by atoms with E-state index >= 15 is 0 Å². The lowest BCUT2D eigenvalue weighted by Crippen LogP contribution is -2.35. The Morgan fingerprint density at radius 3 is 2.68 bits per heavy atom. The average Bonchev–Trinajstić information content (AvgIpc) is 2.99. The number of benzene rings is 1. The molecule has 1 saturated carbocycles. The predicted octanol–water partition coefficient (Wildman–Crippen LogP) is 2.44. The Morgan fingerprint density at radius 2 is 2.00 bits per heavy atom. The molecule has 1 aliphatic rings. The van der Waals surface area contributed by atoms with Gasteiger partial charge in [0.05, 0.1) is 0 Å². The highest BCUT2D eigenvalue weighted by Gasteiger charge is 2.18. The topological polar surface area (TPSA) is 70.2 Å². The molecule has 2 rings (SSSR count). The van der Waals surface area contributed by atoms with Crippen LogP contribution in [0.3, 0.4) is 0 Å². The highest BCUT2D eigenvalue weighted by atomic mass is 32.1. The third-order valence-electron chi connectivity index (χ3n) is 3.81. The molecule has 22 heavy (non-hydrogen) atoms. The first-order valence-electron chi connectivity index (χ1n) is 7.51. The van der Waals surface area contributed by atoms with E-state index in [0.29, 0.717) is 23.6 Å². The molecule has 0 heterocycles. The summed E-state index contributed by atoms with van der Waals surface area (Å²) in [4.78, 5) is 23.5. The second-order valence-corrected chi connectivity index (χ2v) is 5.93. The molecule has 6 heteroatoms. The fraction of sp³-hybridized carbons (Fsp3) is 0.438. The van der Waals surface area contributed by atoms with E-state index in [0.717, 1.165) is 12.8 Å². The van der Waals surface area contributed by atoms with Gasteiger partial charge >= 0.3 is 0 Å². The first kappa shape index (κ1) is 16.4. The zero-order valence-electron chi connectivity index (χ0n) is 12.6. The Balaban J connectivity index is 1.86. The summed E-state index contributed by atoms with van der Waals surface area (Å²) in [5.41, 5.74) is 1.21. The molecule has 0 unspecified atom stereocenters. The molecule has 5 nitrogen and oxygen atoms in total. The minimum Gasteiger partial charge on any atom is -0.355 e. The maximum absolute atomic E-state index is 11.9. The molecule has 0 spiro atoms. The van der Waals surface area contributed by atoms with Gasteiger partial charge in [-0.1, -0.05) is 18.9 Å². The van der Waals surface area contributed by atoms with Crippen molar-refractivity contribution in [2.45, 2.75) is 32.1 Å². The first-order chi connectivity index (χ1) is 10.6. The molecule has 0 aliphatic heterocycles. The predicted molar refractivity (Wildman–Crippen MR) is 90.8 cm³/mol. The Labute approximate surface area is 135 Å². The molecule has 1 aliphatic carbocycles. The van der Waals surface area contributed by atoms with Gasteiger partial charge in [0.15, 0.2) is 5.11 Å². The maximum atomic E-state index is 11.9. The van der Waals surface area contributed by atoms with Crippen molar-refractivity contribution in [2.24, 2.45) is 5.92 Å². The van der Waals surface area contributed by atoms with Gasteiger partial charge in [-0.25, -0.2) is 0 Å². The first-order valence-corrected chi connectivity index (χ1v) is 7.92. The van der Waals surface area contributed by atoms with Crippen molar-refractivity contribution in [1.82, 2.24) is 10.6 Å². The van der Waals surface area contributed by atoms with Crippen LogP contribution in [-0.2, 0) is 4.79 Å². The van der Waals surface area contributed by atoms with Gasteiger partial charge in [-0.05, 0) is 49.2 Å². The zero-order chi connectivity index (χ0) is 15.9. The van der Waals surface area contributed by atoms with Crippen molar-refractivity contribution < 1.29 is 9.59 Å². The number of thiocarbonyl (C=S) groups is 1. The fourth-order valence-corrected chi connectivity index (χ4v) is 2.93. The number of anilines is 1. The SMILES string of the molecule is CNC(=O)c1cccc(NC(=S)NC(=O)CC2CCCC2)c1. The summed E-state index contributed by atoms with van der Waals surface area (Å²) in [7, 11) is 1.58. The molecule has 1 fully saturated rings. The molecule has 0 bridgehead atoms. The van der Waals surface area contributed by atoms with Gasteiger partial charge in [0.2, 0.25) is 5.91 Å². The number of amides is 2. The van der Waals surface area contributed by atoms with E-state index in [-0.39, 0.29) is 16.9 Å². The van der Waals surface area contributed by atoms with E-state index in [9.17, 15) is 9.59 Å². The molecule has 0 aromatic heterocycles. The third kappa shape index (κ3) is 4.80. The molecule has 0 radical (unpaired) electrons. The quantitative estimate of drug-likeness (QED) is 0.746. The second-order valence-electron chi connectivity index (χ2n) is 5.52. The van der Waals surface area contributed by atoms with Crippen LogP contribution in [-0.4, -0.2) is 24.0 Å². The molecular weight excluding hydrogens is 298 g/mol. The van der Waals surface area contributed by atoms with Crippen molar-refractivity contribution in [3.05, 3.63) is 29.8 Å². The van der Waals surface area contributed by atoms with Crippen molar-refractivity contribution in [3.63, 3.8) is 0 Å². The monoisotopic (exact) mass is 319 g/mol. The van der Waals surface area contributed by atoms with Crippen molar-refractivity contribution in [2.75, 3.05) is 12.4 Å². The van der Waals surface area contributed by atoms with Gasteiger partial charge in [0.25, 0.3) is 5.91 Å². The fourth-order valence-electron chi connectivity index (χ4n) is 2.70. The Bertz CT molecular complexity index is 568. The minimum absolute atomic E-state index is 0.0492. The normalized spacial score (nSPS) is 14.4. The van der Waals surface area contributed by atoms with Crippen molar-refractivity contribution in [3.8, 4) is 0 Å². The van der Waals surface area contributed by atoms with E-state index in [4.69, 9.17) is 12.2 Å². The van der Waals surface area contributed by atoms with Crippen LogP contribution in [0.15, 0.2) is 24.3 Å². The summed E-state index contributed by atoms with van der Waals surface area (Å²) in [6.07, 6.45) is 5.21. The van der Waals surface area contributed by atoms with E-state index in [1.807, 2.05) is 0 Å². The van der Waals surface area contributed by atoms with Gasteiger partial charge in [0, 0.05) is 24.7 Å². The molecule has 3 N–H and O–H groups in total. The van der Waals surface area contributed by atoms with Gasteiger partial charge in [-0.2, -0.15) is 0 Å². The van der Waals surface area contributed by atoms with Crippen LogP contribution < -0.4 is 16.0 Å². The molecule has 0 atom stereocenters. The van der Waals surface area contributed by atoms with Crippen LogP contribution in [0.2, 0.25) is 0 Å². The zero-order valence-corrected chi connectivity index (χ0v) is 13.5. The van der Waals surface area contributed by atoms with Crippen LogP contribution >= 0.6 is 12.2 Å². The third-order valence-corrected chi connectivity index (χ3v) is 4.02. The lowest BCUT2D eigenvalue weighted by atomic mass is 10.0. The van der Waals surface area contributed by atoms with Crippen LogP contribution in [0.1, 0.15) is 42.5 Å². The number of carbonyl (C=O) groups is 2. The Morgan fingerprint density at radius 1 is 1.27 bits per heavy atom. The summed E-state index contributed by atoms with van der Waals surface area (Å²) in [5, 5.41) is 8.46. The van der Waals surface area contributed by atoms with Crippen LogP contribution in [0.4, 0.5) is 5.69 Å². The van der Waals surface area contributed by atoms with Crippen molar-refractivity contribution in [1.29, 1.82) is 0 Å². The van der Waals surface area contributed by atoms with Crippen molar-refractivity contribution >= 4 is 34.8 Å². The minimum atomic E-state index is -0.167. The summed E-state index contributed by atoms with van der Waals surface area (Å²) in [5.74, 6) is 0.270. The van der Waals surface area contributed by atoms with E-state index in [2.05, 4.69) is 16.0 Å². The number of hydrogen-bond acceptors (Lipinski definition) is 3. The number of rotatable bonds is 4. The lowest BCUT2D eigenvalue weighted by molar-refractivity contribution is -0.120. The standard InChI is InChI=1S/C16H21N3O2S/c1-17-15(21)12-7-4-8-13(10-12)18-16(22)19-14(20)9-11-5-2-3-6-11/h4,7-8,10-11H,2-3,5-6,9H2,1H3,(H,17,21)(H2,18,19,20,22). The largest absolute Gasteiger partial charge is 0.355 e. The summed E-state index contributed by atoms with van der Waals surface area (Å²) >= 11 is 5.15. The van der Waals surface area contributed by atoms with Gasteiger partial charge in [-0.15, -0.1) is 0 Å². The summed E-state index contributed by atoms with van der Waals surface area (Å²) < 4.78 is 0. The lowest BCUT2D eigenvalue weighted by Gasteiger charge is -2.12. The van der Waals surface area contributed by atoms with E-state index in [1.165, 1.54) is 12.8 Å². The van der Waals surface area contributed by atoms with E-state index in [1.54, 1.807) is 31.3 Å². The molecular formula is C16H21N3O2S. The van der Waals surface area contributed by atoms with Gasteiger partial charge in [-0.3, -0.25) is 9.59 Å². The van der Waals surface area contributed by atoms with Crippen LogP contribution in [0, 0.1) is 5.92 Å². The Hall–Kier alpha value is -1.95. The summed E-state index contributed by atoms with van der Waals surface area (Å²) in [6, 6.07) is 6.96. The van der Waals surface area contributed by atoms with Gasteiger partial charge < -0.3 is 16.0 Å². The number of carbonyl (C=O) groups excluding carboxylic acids is 2. The van der Waals surface area contributed by atoms with Crippen LogP contribution in [0.25, 0.3) is 0 Å². The summed E-state index contributed by atoms with van der Waals surface area (Å²) in [6.45, 7) is 0. The average molecular weight is 319 g/mol. The number of hydrogen-bond donors (Lipinski definition) is 3. The molecule has 1 aromatic rings. The maximum Gasteiger partial charge on any atom is 0.251 e. The molecule has 118 valence electrons. The Kier molecular flexibility index (Phi) is 5.89. The molecule has 1 aromatic carbocycles. The number of nitrogens with one attached hydrogen (secondary N) is 3. The molecule has 2 amide bonds.